The molecule has 1 aliphatic heterocycles. The summed E-state index contributed by atoms with van der Waals surface area (Å²) in [7, 11) is -8.97. The summed E-state index contributed by atoms with van der Waals surface area (Å²) in [6.45, 7) is -0.403. The number of nitrogens with two attached hydrogens (primary N) is 3. The van der Waals surface area contributed by atoms with Crippen LogP contribution in [-0.4, -0.2) is 62.8 Å². The van der Waals surface area contributed by atoms with E-state index in [0.29, 0.717) is 16.6 Å². The Morgan fingerprint density at radius 2 is 1.88 bits per heavy atom. The quantitative estimate of drug-likeness (QED) is 0.293. The minimum absolute atomic E-state index is 0.0682. The number of aliphatic imine (C=N–C) groups is 1. The fraction of sp³-hybridized carbons (Fsp3) is 0.222. The van der Waals surface area contributed by atoms with Gasteiger partial charge in [0, 0.05) is 12.1 Å². The number of H-pyrrole nitrogens is 1. The molecule has 0 spiro atoms. The minimum Gasteiger partial charge on any atom is -0.391 e. The van der Waals surface area contributed by atoms with Crippen LogP contribution in [0.2, 0.25) is 0 Å². The number of hydrogen-bond donors (Lipinski definition) is 5. The topological polar surface area (TPSA) is 232 Å². The van der Waals surface area contributed by atoms with Crippen molar-refractivity contribution in [2.24, 2.45) is 26.1 Å². The largest absolute Gasteiger partial charge is 0.391 e. The van der Waals surface area contributed by atoms with E-state index in [4.69, 9.17) is 16.6 Å². The molecule has 0 saturated carbocycles. The highest BCUT2D eigenvalue weighted by Gasteiger charge is 2.33. The number of sulfone groups is 1. The van der Waals surface area contributed by atoms with Crippen molar-refractivity contribution in [2.75, 3.05) is 24.7 Å². The second kappa shape index (κ2) is 8.27. The number of nitrogen functional groups attached to an aromatic ring is 1. The van der Waals surface area contributed by atoms with Crippen LogP contribution in [0, 0.1) is 0 Å². The number of fused-ring (bicyclic) bond motifs is 1. The Morgan fingerprint density at radius 3 is 2.52 bits per heavy atom. The number of aromatic amines is 1. The van der Waals surface area contributed by atoms with Crippen LogP contribution in [0.15, 0.2) is 55.3 Å². The highest BCUT2D eigenvalue weighted by Crippen LogP contribution is 2.37. The van der Waals surface area contributed by atoms with Crippen molar-refractivity contribution in [3.8, 4) is 11.1 Å². The molecule has 13 nitrogen and oxygen atoms in total. The third-order valence-electron chi connectivity index (χ3n) is 4.92. The van der Waals surface area contributed by atoms with E-state index in [9.17, 15) is 21.9 Å². The van der Waals surface area contributed by atoms with Gasteiger partial charge in [0.05, 0.1) is 33.3 Å². The smallest absolute Gasteiger partial charge is 0.240 e. The SMILES string of the molecule is NC[C@H](O)CS(=O)(=O)c1ccc(-c2cccc3[nH]c(N)nc23)c(C2=NCN=N2)c1S(N)(=O)=O. The molecule has 4 rings (SSSR count). The Balaban J connectivity index is 2.11. The molecule has 3 aromatic rings. The Labute approximate surface area is 188 Å². The number of hydrogen-bond acceptors (Lipinski definition) is 11. The Bertz CT molecular complexity index is 1530. The number of azo groups is 1. The molecule has 2 aromatic carbocycles. The lowest BCUT2D eigenvalue weighted by Gasteiger charge is -2.18. The van der Waals surface area contributed by atoms with Crippen molar-refractivity contribution in [1.82, 2.24) is 9.97 Å². The van der Waals surface area contributed by atoms with Crippen LogP contribution in [0.5, 0.6) is 0 Å². The second-order valence-corrected chi connectivity index (χ2v) is 10.7. The molecule has 8 N–H and O–H groups in total. The average molecular weight is 493 g/mol. The molecule has 1 aromatic heterocycles. The normalized spacial score (nSPS) is 15.2. The molecule has 0 bridgehead atoms. The van der Waals surface area contributed by atoms with Gasteiger partial charge in [-0.05, 0) is 17.7 Å². The molecule has 0 amide bonds. The molecule has 1 atom stereocenters. The van der Waals surface area contributed by atoms with Gasteiger partial charge in [0.1, 0.15) is 4.90 Å². The lowest BCUT2D eigenvalue weighted by atomic mass is 9.97. The first kappa shape index (κ1) is 22.9. The van der Waals surface area contributed by atoms with Crippen molar-refractivity contribution < 1.29 is 21.9 Å². The first-order valence-electron chi connectivity index (χ1n) is 9.50. The van der Waals surface area contributed by atoms with E-state index in [-0.39, 0.29) is 36.1 Å². The number of anilines is 1. The molecule has 174 valence electrons. The monoisotopic (exact) mass is 492 g/mol. The summed E-state index contributed by atoms with van der Waals surface area (Å²) in [5, 5.41) is 23.0. The Morgan fingerprint density at radius 1 is 1.12 bits per heavy atom. The number of imidazole rings is 1. The Hall–Kier alpha value is -3.24. The number of amidine groups is 1. The lowest BCUT2D eigenvalue weighted by molar-refractivity contribution is 0.205. The van der Waals surface area contributed by atoms with Crippen LogP contribution in [0.25, 0.3) is 22.2 Å². The van der Waals surface area contributed by atoms with Gasteiger partial charge >= 0.3 is 0 Å². The number of sulfonamides is 1. The number of nitrogens with one attached hydrogen (secondary N) is 1. The van der Waals surface area contributed by atoms with Gasteiger partial charge in [-0.25, -0.2) is 32.0 Å². The molecular weight excluding hydrogens is 472 g/mol. The van der Waals surface area contributed by atoms with Crippen LogP contribution in [-0.2, 0) is 19.9 Å². The number of aliphatic hydroxyl groups excluding tert-OH is 1. The summed E-state index contributed by atoms with van der Waals surface area (Å²) in [6.07, 6.45) is -1.41. The molecule has 0 fully saturated rings. The van der Waals surface area contributed by atoms with Crippen molar-refractivity contribution in [3.63, 3.8) is 0 Å². The number of para-hydroxylation sites is 1. The molecule has 0 radical (unpaired) electrons. The predicted molar refractivity (Wildman–Crippen MR) is 121 cm³/mol. The van der Waals surface area contributed by atoms with Crippen LogP contribution in [0.1, 0.15) is 5.56 Å². The van der Waals surface area contributed by atoms with Gasteiger partial charge in [0.2, 0.25) is 10.0 Å². The molecule has 1 aliphatic rings. The highest BCUT2D eigenvalue weighted by atomic mass is 32.2. The van der Waals surface area contributed by atoms with Crippen molar-refractivity contribution >= 4 is 42.7 Å². The van der Waals surface area contributed by atoms with E-state index in [1.165, 1.54) is 6.07 Å². The summed E-state index contributed by atoms with van der Waals surface area (Å²) in [4.78, 5) is 9.93. The second-order valence-electron chi connectivity index (χ2n) is 7.22. The fourth-order valence-corrected chi connectivity index (χ4v) is 6.62. The number of nitrogens with zero attached hydrogens (tertiary/aromatic N) is 4. The van der Waals surface area contributed by atoms with E-state index in [1.807, 2.05) is 0 Å². The fourth-order valence-electron chi connectivity index (χ4n) is 3.57. The summed E-state index contributed by atoms with van der Waals surface area (Å²) in [6, 6.07) is 7.59. The zero-order valence-electron chi connectivity index (χ0n) is 17.0. The van der Waals surface area contributed by atoms with E-state index in [0.717, 1.165) is 6.07 Å². The first-order chi connectivity index (χ1) is 15.5. The molecule has 0 aliphatic carbocycles. The van der Waals surface area contributed by atoms with Gasteiger partial charge in [-0.15, -0.1) is 5.11 Å². The summed E-state index contributed by atoms with van der Waals surface area (Å²) >= 11 is 0. The number of aliphatic hydroxyl groups is 1. The molecule has 0 saturated heterocycles. The van der Waals surface area contributed by atoms with Crippen molar-refractivity contribution in [1.29, 1.82) is 0 Å². The highest BCUT2D eigenvalue weighted by molar-refractivity contribution is 7.93. The van der Waals surface area contributed by atoms with E-state index in [2.05, 4.69) is 25.2 Å². The zero-order valence-corrected chi connectivity index (χ0v) is 18.6. The summed E-state index contributed by atoms with van der Waals surface area (Å²) in [5.41, 5.74) is 12.7. The van der Waals surface area contributed by atoms with Crippen LogP contribution in [0.3, 0.4) is 0 Å². The van der Waals surface area contributed by atoms with Crippen molar-refractivity contribution in [2.45, 2.75) is 15.9 Å². The van der Waals surface area contributed by atoms with Gasteiger partial charge in [0.25, 0.3) is 0 Å². The van der Waals surface area contributed by atoms with Crippen LogP contribution >= 0.6 is 0 Å². The minimum atomic E-state index is -4.63. The Kier molecular flexibility index (Phi) is 5.75. The lowest BCUT2D eigenvalue weighted by Crippen LogP contribution is -2.30. The molecular formula is C18H20N8O5S2. The zero-order chi connectivity index (χ0) is 24.0. The van der Waals surface area contributed by atoms with E-state index >= 15 is 0 Å². The van der Waals surface area contributed by atoms with Gasteiger partial charge in [-0.2, -0.15) is 5.11 Å². The number of aromatic nitrogens is 2. The van der Waals surface area contributed by atoms with E-state index in [1.54, 1.807) is 18.2 Å². The first-order valence-corrected chi connectivity index (χ1v) is 12.7. The average Bonchev–Trinajstić information content (AvgIpc) is 3.40. The van der Waals surface area contributed by atoms with Crippen molar-refractivity contribution in [3.05, 3.63) is 35.9 Å². The number of benzene rings is 2. The van der Waals surface area contributed by atoms with Gasteiger partial charge in [-0.1, -0.05) is 18.2 Å². The maximum Gasteiger partial charge on any atom is 0.240 e. The maximum atomic E-state index is 13.0. The summed E-state index contributed by atoms with van der Waals surface area (Å²) < 4.78 is 51.6. The third kappa shape index (κ3) is 4.23. The van der Waals surface area contributed by atoms with Gasteiger partial charge < -0.3 is 21.6 Å². The number of rotatable bonds is 7. The van der Waals surface area contributed by atoms with Gasteiger partial charge in [0.15, 0.2) is 28.3 Å². The third-order valence-corrected chi connectivity index (χ3v) is 7.88. The predicted octanol–water partition coefficient (Wildman–Crippen LogP) is -0.277. The number of primary sulfonamides is 1. The molecule has 2 heterocycles. The van der Waals surface area contributed by atoms with Crippen LogP contribution < -0.4 is 16.6 Å². The molecule has 15 heteroatoms. The van der Waals surface area contributed by atoms with E-state index < -0.39 is 41.5 Å². The standard InChI is InChI=1S/C18H20N8O5S2/c19-6-9(27)7-32(28,29)13-5-4-10(11-2-1-3-12-15(11)25-18(20)24-12)14(16(13)33(21,30)31)17-22-8-23-26-17/h1-5,9,27H,6-8,19H2,(H3,20,24,25)(H2,21,30,31)/t9-/m0/s1. The maximum absolute atomic E-state index is 13.0. The molecule has 0 unspecified atom stereocenters. The summed E-state index contributed by atoms with van der Waals surface area (Å²) in [5.74, 6) is -0.769. The molecule has 33 heavy (non-hydrogen) atoms. The van der Waals surface area contributed by atoms with Crippen LogP contribution in [0.4, 0.5) is 5.95 Å². The van der Waals surface area contributed by atoms with Gasteiger partial charge in [-0.3, -0.25) is 0 Å².